The lowest BCUT2D eigenvalue weighted by Crippen LogP contribution is -3.12. The first-order chi connectivity index (χ1) is 13.3. The van der Waals surface area contributed by atoms with E-state index in [-0.39, 0.29) is 16.8 Å². The maximum Gasteiger partial charge on any atom is 0.282 e. The maximum atomic E-state index is 12.6. The largest absolute Gasteiger partial charge is 0.460 e. The van der Waals surface area contributed by atoms with Crippen molar-refractivity contribution < 1.29 is 22.5 Å². The number of nitrogens with one attached hydrogen (secondary N) is 2. The molecular weight excluding hydrogens is 378 g/mol. The van der Waals surface area contributed by atoms with E-state index in [1.54, 1.807) is 24.3 Å². The minimum absolute atomic E-state index is 0.129. The highest BCUT2D eigenvalue weighted by atomic mass is 32.2. The molecule has 2 N–H and O–H groups in total. The molecule has 1 unspecified atom stereocenters. The first-order valence-corrected chi connectivity index (χ1v) is 11.0. The van der Waals surface area contributed by atoms with Gasteiger partial charge in [-0.3, -0.25) is 4.79 Å². The van der Waals surface area contributed by atoms with Gasteiger partial charge in [-0.25, -0.2) is 8.42 Å². The average Bonchev–Trinajstić information content (AvgIpc) is 3.34. The van der Waals surface area contributed by atoms with Gasteiger partial charge in [0.25, 0.3) is 5.91 Å². The highest BCUT2D eigenvalue weighted by Gasteiger charge is 2.27. The fraction of sp³-hybridized carbons (Fsp3) is 0.450. The highest BCUT2D eigenvalue weighted by molar-refractivity contribution is 7.89. The van der Waals surface area contributed by atoms with Crippen molar-refractivity contribution in [2.75, 3.05) is 25.5 Å². The van der Waals surface area contributed by atoms with Gasteiger partial charge in [-0.05, 0) is 63.1 Å². The number of hydrogen-bond acceptors (Lipinski definition) is 4. The summed E-state index contributed by atoms with van der Waals surface area (Å²) in [5.74, 6) is 1.56. The Morgan fingerprint density at radius 3 is 2.39 bits per heavy atom. The summed E-state index contributed by atoms with van der Waals surface area (Å²) >= 11 is 0. The molecule has 1 aromatic heterocycles. The molecule has 2 atom stereocenters. The zero-order valence-electron chi connectivity index (χ0n) is 16.6. The molecule has 0 bridgehead atoms. The first-order valence-electron chi connectivity index (χ1n) is 9.56. The van der Waals surface area contributed by atoms with Crippen LogP contribution in [-0.2, 0) is 21.4 Å². The monoisotopic (exact) mass is 406 g/mol. The summed E-state index contributed by atoms with van der Waals surface area (Å²) in [5.41, 5.74) is 0.582. The number of furan rings is 1. The molecule has 1 aromatic carbocycles. The average molecular weight is 407 g/mol. The van der Waals surface area contributed by atoms with E-state index < -0.39 is 10.0 Å². The molecule has 1 aliphatic heterocycles. The van der Waals surface area contributed by atoms with Crippen LogP contribution < -0.4 is 10.2 Å². The molecular formula is C20H28N3O4S+. The Kier molecular flexibility index (Phi) is 6.22. The lowest BCUT2D eigenvalue weighted by atomic mass is 10.2. The van der Waals surface area contributed by atoms with Gasteiger partial charge < -0.3 is 14.6 Å². The van der Waals surface area contributed by atoms with E-state index in [1.165, 1.54) is 4.31 Å². The number of quaternary nitrogens is 1. The van der Waals surface area contributed by atoms with Crippen LogP contribution in [0.3, 0.4) is 0 Å². The molecule has 2 heterocycles. The van der Waals surface area contributed by atoms with Gasteiger partial charge >= 0.3 is 0 Å². The number of sulfonamides is 1. The number of benzene rings is 1. The zero-order valence-corrected chi connectivity index (χ0v) is 17.4. The van der Waals surface area contributed by atoms with Crippen molar-refractivity contribution in [1.82, 2.24) is 4.31 Å². The number of carbonyl (C=O) groups is 1. The van der Waals surface area contributed by atoms with Gasteiger partial charge in [0.15, 0.2) is 11.8 Å². The smallest absolute Gasteiger partial charge is 0.282 e. The predicted molar refractivity (Wildman–Crippen MR) is 107 cm³/mol. The topological polar surface area (TPSA) is 84.1 Å². The minimum atomic E-state index is -3.44. The molecule has 1 amide bonds. The van der Waals surface area contributed by atoms with E-state index in [0.717, 1.165) is 29.3 Å². The third-order valence-electron chi connectivity index (χ3n) is 5.21. The van der Waals surface area contributed by atoms with Gasteiger partial charge in [0.05, 0.1) is 11.9 Å². The normalized spacial score (nSPS) is 17.4. The van der Waals surface area contributed by atoms with Gasteiger partial charge in [0.2, 0.25) is 10.0 Å². The van der Waals surface area contributed by atoms with Crippen LogP contribution in [0.5, 0.6) is 0 Å². The van der Waals surface area contributed by atoms with Gasteiger partial charge in [-0.2, -0.15) is 4.31 Å². The molecule has 1 saturated heterocycles. The molecule has 0 radical (unpaired) electrons. The van der Waals surface area contributed by atoms with Crippen molar-refractivity contribution >= 4 is 21.6 Å². The molecule has 7 nitrogen and oxygen atoms in total. The summed E-state index contributed by atoms with van der Waals surface area (Å²) in [6.07, 6.45) is 1.80. The van der Waals surface area contributed by atoms with Crippen molar-refractivity contribution in [2.45, 2.75) is 44.2 Å². The molecule has 0 spiro atoms. The Bertz CT molecular complexity index is 915. The van der Waals surface area contributed by atoms with E-state index in [1.807, 2.05) is 33.0 Å². The first kappa shape index (κ1) is 20.6. The van der Waals surface area contributed by atoms with E-state index in [2.05, 4.69) is 5.32 Å². The molecule has 152 valence electrons. The van der Waals surface area contributed by atoms with Crippen LogP contribution in [0.4, 0.5) is 5.69 Å². The Balaban J connectivity index is 1.60. The van der Waals surface area contributed by atoms with Crippen molar-refractivity contribution in [3.05, 3.63) is 47.9 Å². The van der Waals surface area contributed by atoms with Gasteiger partial charge in [-0.15, -0.1) is 0 Å². The van der Waals surface area contributed by atoms with Gasteiger partial charge in [-0.1, -0.05) is 0 Å². The van der Waals surface area contributed by atoms with Crippen molar-refractivity contribution in [1.29, 1.82) is 0 Å². The van der Waals surface area contributed by atoms with Crippen LogP contribution in [0.2, 0.25) is 0 Å². The number of aryl methyl sites for hydroxylation is 1. The summed E-state index contributed by atoms with van der Waals surface area (Å²) in [6.45, 7) is 5.50. The molecule has 1 aliphatic rings. The quantitative estimate of drug-likeness (QED) is 0.728. The van der Waals surface area contributed by atoms with E-state index in [9.17, 15) is 13.2 Å². The van der Waals surface area contributed by atoms with Crippen LogP contribution >= 0.6 is 0 Å². The van der Waals surface area contributed by atoms with Crippen LogP contribution in [0.25, 0.3) is 0 Å². The molecule has 2 aromatic rings. The lowest BCUT2D eigenvalue weighted by Gasteiger charge is -2.20. The Hall–Kier alpha value is -2.16. The summed E-state index contributed by atoms with van der Waals surface area (Å²) in [7, 11) is -1.50. The van der Waals surface area contributed by atoms with Crippen LogP contribution in [-0.4, -0.2) is 44.8 Å². The summed E-state index contributed by atoms with van der Waals surface area (Å²) in [4.78, 5) is 13.8. The minimum Gasteiger partial charge on any atom is -0.460 e. The number of nitrogens with zero attached hydrogens (tertiary/aromatic N) is 1. The van der Waals surface area contributed by atoms with E-state index in [0.29, 0.717) is 25.3 Å². The number of hydrogen-bond donors (Lipinski definition) is 2. The molecule has 3 rings (SSSR count). The van der Waals surface area contributed by atoms with Crippen LogP contribution in [0.15, 0.2) is 45.7 Å². The summed E-state index contributed by atoms with van der Waals surface area (Å²) in [5, 5.41) is 2.86. The SMILES string of the molecule is Cc1ccc(C[NH+](C)[C@@H](C)C(=O)Nc2ccc(S(=O)(=O)N3CCCC3)cc2)o1. The Morgan fingerprint density at radius 2 is 1.82 bits per heavy atom. The van der Waals surface area contributed by atoms with Crippen molar-refractivity contribution in [3.63, 3.8) is 0 Å². The number of likely N-dealkylation sites (N-methyl/N-ethyl adjacent to an activating group) is 1. The molecule has 0 saturated carbocycles. The predicted octanol–water partition coefficient (Wildman–Crippen LogP) is 1.41. The number of anilines is 1. The molecule has 28 heavy (non-hydrogen) atoms. The number of carbonyl (C=O) groups excluding carboxylic acids is 1. The zero-order chi connectivity index (χ0) is 20.3. The summed E-state index contributed by atoms with van der Waals surface area (Å²) < 4.78 is 32.2. The van der Waals surface area contributed by atoms with Gasteiger partial charge in [0, 0.05) is 18.8 Å². The second-order valence-electron chi connectivity index (χ2n) is 7.38. The second kappa shape index (κ2) is 8.46. The number of rotatable bonds is 7. The van der Waals surface area contributed by atoms with E-state index >= 15 is 0 Å². The number of amides is 1. The third kappa shape index (κ3) is 4.63. The fourth-order valence-corrected chi connectivity index (χ4v) is 4.79. The standard InChI is InChI=1S/C20H27N3O4S/c1-15-6-9-18(27-15)14-22(3)16(2)20(24)21-17-7-10-19(11-8-17)28(25,26)23-12-4-5-13-23/h6-11,16H,4-5,12-14H2,1-3H3,(H,21,24)/p+1/t16-/m0/s1. The summed E-state index contributed by atoms with van der Waals surface area (Å²) in [6, 6.07) is 9.91. The lowest BCUT2D eigenvalue weighted by molar-refractivity contribution is -0.908. The van der Waals surface area contributed by atoms with Crippen LogP contribution in [0.1, 0.15) is 31.3 Å². The van der Waals surface area contributed by atoms with E-state index in [4.69, 9.17) is 4.42 Å². The third-order valence-corrected chi connectivity index (χ3v) is 7.12. The Morgan fingerprint density at radius 1 is 1.18 bits per heavy atom. The molecule has 8 heteroatoms. The van der Waals surface area contributed by atoms with Gasteiger partial charge in [0.1, 0.15) is 12.3 Å². The van der Waals surface area contributed by atoms with Crippen LogP contribution in [0, 0.1) is 6.92 Å². The maximum absolute atomic E-state index is 12.6. The molecule has 1 fully saturated rings. The highest BCUT2D eigenvalue weighted by Crippen LogP contribution is 2.22. The fourth-order valence-electron chi connectivity index (χ4n) is 3.27. The molecule has 0 aliphatic carbocycles. The van der Waals surface area contributed by atoms with Crippen molar-refractivity contribution in [3.8, 4) is 0 Å². The van der Waals surface area contributed by atoms with Crippen molar-refractivity contribution in [2.24, 2.45) is 0 Å². The Labute approximate surface area is 166 Å². The second-order valence-corrected chi connectivity index (χ2v) is 9.32.